The van der Waals surface area contributed by atoms with Crippen molar-refractivity contribution in [3.8, 4) is 0 Å². The maximum Gasteiger partial charge on any atom is 0.108 e. The molecule has 1 rings (SSSR count). The Labute approximate surface area is 91.8 Å². The van der Waals surface area contributed by atoms with Crippen LogP contribution in [0.5, 0.6) is 0 Å². The van der Waals surface area contributed by atoms with Gasteiger partial charge in [-0.15, -0.1) is 0 Å². The third kappa shape index (κ3) is 3.32. The lowest BCUT2D eigenvalue weighted by Crippen LogP contribution is -2.40. The predicted octanol–water partition coefficient (Wildman–Crippen LogP) is 1.23. The van der Waals surface area contributed by atoms with Crippen LogP contribution in [0.25, 0.3) is 0 Å². The molecule has 3 N–H and O–H groups in total. The van der Waals surface area contributed by atoms with Gasteiger partial charge >= 0.3 is 0 Å². The van der Waals surface area contributed by atoms with Crippen molar-refractivity contribution in [2.45, 2.75) is 39.2 Å². The van der Waals surface area contributed by atoms with Crippen LogP contribution in [-0.2, 0) is 13.5 Å². The highest BCUT2D eigenvalue weighted by Gasteiger charge is 2.14. The van der Waals surface area contributed by atoms with Crippen molar-refractivity contribution >= 4 is 0 Å². The molecule has 0 aliphatic rings. The van der Waals surface area contributed by atoms with E-state index in [9.17, 15) is 0 Å². The molecule has 0 bridgehead atoms. The molecule has 15 heavy (non-hydrogen) atoms. The number of aromatic nitrogens is 2. The normalized spacial score (nSPS) is 15.2. The fraction of sp³-hybridized carbons (Fsp3) is 0.727. The van der Waals surface area contributed by atoms with E-state index in [1.165, 1.54) is 0 Å². The van der Waals surface area contributed by atoms with Crippen LogP contribution in [0.2, 0.25) is 0 Å². The molecule has 0 aliphatic carbocycles. The van der Waals surface area contributed by atoms with Crippen molar-refractivity contribution in [3.63, 3.8) is 0 Å². The summed E-state index contributed by atoms with van der Waals surface area (Å²) in [6, 6.07) is 0.381. The summed E-state index contributed by atoms with van der Waals surface area (Å²) >= 11 is 0. The number of nitrogens with two attached hydrogens (primary N) is 1. The van der Waals surface area contributed by atoms with Crippen molar-refractivity contribution < 1.29 is 0 Å². The smallest absolute Gasteiger partial charge is 0.108 e. The highest BCUT2D eigenvalue weighted by atomic mass is 15.2. The molecule has 0 fully saturated rings. The second kappa shape index (κ2) is 5.88. The van der Waals surface area contributed by atoms with E-state index in [2.05, 4.69) is 28.8 Å². The summed E-state index contributed by atoms with van der Waals surface area (Å²) in [6.45, 7) is 4.42. The number of hydrogen-bond acceptors (Lipinski definition) is 3. The molecule has 1 aromatic rings. The Hall–Kier alpha value is -0.870. The van der Waals surface area contributed by atoms with Crippen molar-refractivity contribution in [1.82, 2.24) is 15.0 Å². The van der Waals surface area contributed by atoms with Crippen LogP contribution < -0.4 is 11.3 Å². The molecule has 2 unspecified atom stereocenters. The minimum absolute atomic E-state index is 0.381. The Kier molecular flexibility index (Phi) is 4.78. The largest absolute Gasteiger partial charge is 0.338 e. The molecule has 4 heteroatoms. The molecule has 1 aromatic heterocycles. The van der Waals surface area contributed by atoms with Crippen LogP contribution in [0.15, 0.2) is 12.4 Å². The van der Waals surface area contributed by atoms with Gasteiger partial charge in [0, 0.05) is 31.9 Å². The van der Waals surface area contributed by atoms with E-state index in [-0.39, 0.29) is 0 Å². The summed E-state index contributed by atoms with van der Waals surface area (Å²) in [6.07, 6.45) is 6.97. The quantitative estimate of drug-likeness (QED) is 0.548. The third-order valence-corrected chi connectivity index (χ3v) is 3.14. The number of nitrogens with one attached hydrogen (secondary N) is 1. The molecule has 0 aliphatic heterocycles. The van der Waals surface area contributed by atoms with E-state index in [0.717, 1.165) is 25.1 Å². The second-order valence-corrected chi connectivity index (χ2v) is 4.15. The SMILES string of the molecule is CCC(C)C(CCc1nccn1C)NN. The summed E-state index contributed by atoms with van der Waals surface area (Å²) in [5.74, 6) is 7.28. The number of hydrazine groups is 1. The molecule has 0 spiro atoms. The zero-order valence-electron chi connectivity index (χ0n) is 9.90. The lowest BCUT2D eigenvalue weighted by Gasteiger charge is -2.21. The average molecular weight is 210 g/mol. The third-order valence-electron chi connectivity index (χ3n) is 3.14. The summed E-state index contributed by atoms with van der Waals surface area (Å²) in [5, 5.41) is 0. The molecule has 2 atom stereocenters. The van der Waals surface area contributed by atoms with E-state index < -0.39 is 0 Å². The number of hydrogen-bond donors (Lipinski definition) is 2. The summed E-state index contributed by atoms with van der Waals surface area (Å²) in [4.78, 5) is 4.30. The Morgan fingerprint density at radius 1 is 1.60 bits per heavy atom. The molecule has 1 heterocycles. The van der Waals surface area contributed by atoms with Gasteiger partial charge in [-0.2, -0.15) is 0 Å². The Balaban J connectivity index is 2.44. The molecule has 4 nitrogen and oxygen atoms in total. The standard InChI is InChI=1S/C11H22N4/c1-4-9(2)10(14-12)5-6-11-13-7-8-15(11)3/h7-10,14H,4-6,12H2,1-3H3. The van der Waals surface area contributed by atoms with Crippen molar-refractivity contribution in [2.24, 2.45) is 18.8 Å². The minimum Gasteiger partial charge on any atom is -0.338 e. The molecule has 0 saturated heterocycles. The topological polar surface area (TPSA) is 55.9 Å². The first kappa shape index (κ1) is 12.2. The van der Waals surface area contributed by atoms with Crippen LogP contribution in [0.4, 0.5) is 0 Å². The number of nitrogens with zero attached hydrogens (tertiary/aromatic N) is 2. The molecular weight excluding hydrogens is 188 g/mol. The summed E-state index contributed by atoms with van der Waals surface area (Å²) < 4.78 is 2.06. The zero-order chi connectivity index (χ0) is 11.3. The van der Waals surface area contributed by atoms with Gasteiger partial charge in [0.15, 0.2) is 0 Å². The van der Waals surface area contributed by atoms with Crippen LogP contribution in [0, 0.1) is 5.92 Å². The zero-order valence-corrected chi connectivity index (χ0v) is 9.90. The maximum absolute atomic E-state index is 5.55. The number of imidazole rings is 1. The Morgan fingerprint density at radius 3 is 2.80 bits per heavy atom. The predicted molar refractivity (Wildman–Crippen MR) is 62.1 cm³/mol. The van der Waals surface area contributed by atoms with Gasteiger partial charge in [-0.25, -0.2) is 4.98 Å². The van der Waals surface area contributed by atoms with Crippen LogP contribution in [-0.4, -0.2) is 15.6 Å². The van der Waals surface area contributed by atoms with Crippen LogP contribution >= 0.6 is 0 Å². The first-order valence-corrected chi connectivity index (χ1v) is 5.61. The lowest BCUT2D eigenvalue weighted by molar-refractivity contribution is 0.350. The average Bonchev–Trinajstić information content (AvgIpc) is 2.65. The number of aryl methyl sites for hydroxylation is 2. The van der Waals surface area contributed by atoms with Gasteiger partial charge in [0.25, 0.3) is 0 Å². The van der Waals surface area contributed by atoms with Gasteiger partial charge < -0.3 is 4.57 Å². The summed E-state index contributed by atoms with van der Waals surface area (Å²) in [7, 11) is 2.02. The second-order valence-electron chi connectivity index (χ2n) is 4.15. The highest BCUT2D eigenvalue weighted by molar-refractivity contribution is 4.92. The molecular formula is C11H22N4. The van der Waals surface area contributed by atoms with E-state index in [1.54, 1.807) is 0 Å². The monoisotopic (exact) mass is 210 g/mol. The minimum atomic E-state index is 0.381. The molecule has 0 aromatic carbocycles. The van der Waals surface area contributed by atoms with E-state index >= 15 is 0 Å². The maximum atomic E-state index is 5.55. The molecule has 0 saturated carbocycles. The van der Waals surface area contributed by atoms with Gasteiger partial charge in [0.2, 0.25) is 0 Å². The van der Waals surface area contributed by atoms with E-state index in [4.69, 9.17) is 5.84 Å². The summed E-state index contributed by atoms with van der Waals surface area (Å²) in [5.41, 5.74) is 2.90. The molecule has 0 radical (unpaired) electrons. The lowest BCUT2D eigenvalue weighted by atomic mass is 9.95. The van der Waals surface area contributed by atoms with Crippen molar-refractivity contribution in [3.05, 3.63) is 18.2 Å². The Morgan fingerprint density at radius 2 is 2.33 bits per heavy atom. The first-order valence-electron chi connectivity index (χ1n) is 5.61. The van der Waals surface area contributed by atoms with Crippen LogP contribution in [0.1, 0.15) is 32.5 Å². The van der Waals surface area contributed by atoms with Crippen molar-refractivity contribution in [1.29, 1.82) is 0 Å². The molecule has 0 amide bonds. The first-order chi connectivity index (χ1) is 7.19. The Bertz CT molecular complexity index is 282. The van der Waals surface area contributed by atoms with Gasteiger partial charge in [-0.3, -0.25) is 11.3 Å². The molecule has 86 valence electrons. The highest BCUT2D eigenvalue weighted by Crippen LogP contribution is 2.12. The number of rotatable bonds is 6. The fourth-order valence-corrected chi connectivity index (χ4v) is 1.74. The van der Waals surface area contributed by atoms with Crippen molar-refractivity contribution in [2.75, 3.05) is 0 Å². The fourth-order valence-electron chi connectivity index (χ4n) is 1.74. The van der Waals surface area contributed by atoms with Gasteiger partial charge in [-0.1, -0.05) is 20.3 Å². The van der Waals surface area contributed by atoms with Gasteiger partial charge in [-0.05, 0) is 12.3 Å². The van der Waals surface area contributed by atoms with E-state index in [0.29, 0.717) is 12.0 Å². The van der Waals surface area contributed by atoms with Gasteiger partial charge in [0.1, 0.15) is 5.82 Å². The van der Waals surface area contributed by atoms with Gasteiger partial charge in [0.05, 0.1) is 0 Å². The van der Waals surface area contributed by atoms with Crippen LogP contribution in [0.3, 0.4) is 0 Å². The van der Waals surface area contributed by atoms with E-state index in [1.807, 2.05) is 19.4 Å².